The Labute approximate surface area is 226 Å². The summed E-state index contributed by atoms with van der Waals surface area (Å²) in [5.74, 6) is 1.95. The molecule has 2 fully saturated rings. The van der Waals surface area contributed by atoms with Gasteiger partial charge in [-0.2, -0.15) is 0 Å². The van der Waals surface area contributed by atoms with Crippen molar-refractivity contribution in [3.8, 4) is 11.5 Å². The summed E-state index contributed by atoms with van der Waals surface area (Å²) in [4.78, 5) is 0.531. The van der Waals surface area contributed by atoms with Crippen LogP contribution >= 0.6 is 0 Å². The molecule has 2 heterocycles. The Balaban J connectivity index is 1.44. The van der Waals surface area contributed by atoms with Crippen molar-refractivity contribution < 1.29 is 18.9 Å². The molecule has 0 unspecified atom stereocenters. The third-order valence-corrected chi connectivity index (χ3v) is 11.3. The Kier molecular flexibility index (Phi) is 7.57. The summed E-state index contributed by atoms with van der Waals surface area (Å²) in [5.41, 5.74) is 6.97. The summed E-state index contributed by atoms with van der Waals surface area (Å²) >= 11 is 0.259. The van der Waals surface area contributed by atoms with E-state index in [1.165, 1.54) is 32.3 Å². The van der Waals surface area contributed by atoms with E-state index in [4.69, 9.17) is 18.9 Å². The number of aryl methyl sites for hydroxylation is 1. The topological polar surface area (TPSA) is 36.9 Å². The zero-order chi connectivity index (χ0) is 25.2. The van der Waals surface area contributed by atoms with Crippen molar-refractivity contribution in [3.63, 3.8) is 0 Å². The van der Waals surface area contributed by atoms with Gasteiger partial charge in [0.15, 0.2) is 0 Å². The van der Waals surface area contributed by atoms with Crippen LogP contribution in [-0.4, -0.2) is 42.4 Å². The second-order valence-corrected chi connectivity index (χ2v) is 12.9. The Hall–Kier alpha value is -2.30. The molecule has 0 aromatic heterocycles. The summed E-state index contributed by atoms with van der Waals surface area (Å²) in [7, 11) is 3.46. The number of ether oxygens (including phenoxy) is 4. The summed E-state index contributed by atoms with van der Waals surface area (Å²) < 4.78 is 25.5. The fraction of sp³-hybridized carbons (Fsp3) is 0.438. The maximum absolute atomic E-state index is 6.25. The van der Waals surface area contributed by atoms with Gasteiger partial charge in [0.25, 0.3) is 0 Å². The van der Waals surface area contributed by atoms with Crippen molar-refractivity contribution in [1.82, 2.24) is 0 Å². The number of fused-ring (bicyclic) bond motifs is 1. The molecule has 3 aliphatic rings. The van der Waals surface area contributed by atoms with E-state index < -0.39 is 0 Å². The molecule has 3 aromatic carbocycles. The molecule has 37 heavy (non-hydrogen) atoms. The van der Waals surface area contributed by atoms with E-state index in [0.717, 1.165) is 63.2 Å². The average Bonchev–Trinajstić information content (AvgIpc) is 3.68. The van der Waals surface area contributed by atoms with Gasteiger partial charge in [0, 0.05) is 0 Å². The quantitative estimate of drug-likeness (QED) is 0.316. The van der Waals surface area contributed by atoms with Gasteiger partial charge >= 0.3 is 227 Å². The molecule has 4 nitrogen and oxygen atoms in total. The zero-order valence-corrected chi connectivity index (χ0v) is 23.5. The molecule has 0 bridgehead atoms. The first-order valence-electron chi connectivity index (χ1n) is 13.6. The van der Waals surface area contributed by atoms with Crippen LogP contribution < -0.4 is 13.9 Å². The Morgan fingerprint density at radius 1 is 0.730 bits per heavy atom. The number of methoxy groups -OCH3 is 2. The van der Waals surface area contributed by atoms with Crippen LogP contribution in [0.3, 0.4) is 0 Å². The van der Waals surface area contributed by atoms with E-state index in [1.54, 1.807) is 14.2 Å². The fourth-order valence-corrected chi connectivity index (χ4v) is 9.76. The molecule has 2 saturated heterocycles. The molecule has 0 saturated carbocycles. The van der Waals surface area contributed by atoms with Crippen molar-refractivity contribution >= 4 is 19.4 Å². The van der Waals surface area contributed by atoms with Gasteiger partial charge in [-0.25, -0.2) is 0 Å². The van der Waals surface area contributed by atoms with Gasteiger partial charge in [-0.15, -0.1) is 0 Å². The summed E-state index contributed by atoms with van der Waals surface area (Å²) in [5, 5.41) is 0. The number of rotatable bonds is 7. The number of hydrogen-bond acceptors (Lipinski definition) is 4. The van der Waals surface area contributed by atoms with E-state index >= 15 is 0 Å². The molecule has 194 valence electrons. The summed E-state index contributed by atoms with van der Waals surface area (Å²) in [6.07, 6.45) is 7.17. The predicted molar refractivity (Wildman–Crippen MR) is 148 cm³/mol. The molecular formula is C32H36O4Se. The van der Waals surface area contributed by atoms with Crippen LogP contribution in [0.4, 0.5) is 0 Å². The Morgan fingerprint density at radius 3 is 1.97 bits per heavy atom. The molecule has 0 spiro atoms. The first-order chi connectivity index (χ1) is 18.3. The van der Waals surface area contributed by atoms with Gasteiger partial charge < -0.3 is 0 Å². The first-order valence-corrected chi connectivity index (χ1v) is 15.4. The second-order valence-electron chi connectivity index (χ2n) is 10.3. The SMILES string of the molecule is COc1cc2c(cc1OC)[C@H](c1ccccc1)[C@@H]([Se]c1c([C@@H]3CCCO3)cccc1[C@@H]1CCCO1)CC2. The predicted octanol–water partition coefficient (Wildman–Crippen LogP) is 6.30. The van der Waals surface area contributed by atoms with Crippen LogP contribution in [0, 0.1) is 0 Å². The number of hydrogen-bond donors (Lipinski definition) is 0. The van der Waals surface area contributed by atoms with Crippen LogP contribution in [0.25, 0.3) is 0 Å². The van der Waals surface area contributed by atoms with Gasteiger partial charge in [0.1, 0.15) is 0 Å². The van der Waals surface area contributed by atoms with E-state index in [-0.39, 0.29) is 27.2 Å². The van der Waals surface area contributed by atoms with Crippen molar-refractivity contribution in [2.45, 2.75) is 61.5 Å². The van der Waals surface area contributed by atoms with Crippen LogP contribution in [0.15, 0.2) is 60.7 Å². The summed E-state index contributed by atoms with van der Waals surface area (Å²) in [6, 6.07) is 22.4. The third kappa shape index (κ3) is 4.95. The van der Waals surface area contributed by atoms with Crippen LogP contribution in [0.2, 0.25) is 4.82 Å². The zero-order valence-electron chi connectivity index (χ0n) is 21.8. The molecule has 0 radical (unpaired) electrons. The van der Waals surface area contributed by atoms with Crippen molar-refractivity contribution in [1.29, 1.82) is 0 Å². The van der Waals surface area contributed by atoms with Gasteiger partial charge in [-0.05, 0) is 0 Å². The van der Waals surface area contributed by atoms with Crippen molar-refractivity contribution in [2.24, 2.45) is 0 Å². The first kappa shape index (κ1) is 25.0. The molecule has 2 aliphatic heterocycles. The third-order valence-electron chi connectivity index (χ3n) is 8.11. The molecule has 1 aliphatic carbocycles. The molecule has 0 N–H and O–H groups in total. The van der Waals surface area contributed by atoms with Gasteiger partial charge in [-0.3, -0.25) is 0 Å². The molecular weight excluding hydrogens is 527 g/mol. The van der Waals surface area contributed by atoms with Gasteiger partial charge in [0.2, 0.25) is 0 Å². The molecule has 5 heteroatoms. The van der Waals surface area contributed by atoms with Gasteiger partial charge in [0.05, 0.1) is 0 Å². The normalized spacial score (nSPS) is 25.1. The standard InChI is InChI=1S/C32H36O4Se/c1-33-28-19-22-15-16-30(31(21-9-4-3-5-10-21)25(22)20-29(28)34-2)37-32-23(26-13-7-17-35-26)11-6-12-24(32)27-14-8-18-36-27/h3-6,9-12,19-20,26-27,30-31H,7-8,13-18H2,1-2H3/t26-,27-,30-,31-/m0/s1. The molecule has 6 rings (SSSR count). The average molecular weight is 564 g/mol. The molecule has 0 amide bonds. The van der Waals surface area contributed by atoms with Gasteiger partial charge in [-0.1, -0.05) is 0 Å². The molecule has 3 aromatic rings. The van der Waals surface area contributed by atoms with E-state index in [9.17, 15) is 0 Å². The van der Waals surface area contributed by atoms with E-state index in [0.29, 0.717) is 10.7 Å². The maximum atomic E-state index is 6.25. The minimum atomic E-state index is 0.216. The Morgan fingerprint density at radius 2 is 1.38 bits per heavy atom. The van der Waals surface area contributed by atoms with E-state index in [1.807, 2.05) is 0 Å². The minimum absolute atomic E-state index is 0.216. The monoisotopic (exact) mass is 564 g/mol. The van der Waals surface area contributed by atoms with Crippen LogP contribution in [0.1, 0.15) is 78.0 Å². The van der Waals surface area contributed by atoms with Crippen LogP contribution in [0.5, 0.6) is 11.5 Å². The Bertz CT molecular complexity index is 1180. The molecule has 4 atom stereocenters. The number of benzene rings is 3. The fourth-order valence-electron chi connectivity index (χ4n) is 6.30. The van der Waals surface area contributed by atoms with E-state index in [2.05, 4.69) is 60.7 Å². The van der Waals surface area contributed by atoms with Crippen molar-refractivity contribution in [2.75, 3.05) is 27.4 Å². The second kappa shape index (κ2) is 11.2. The summed E-state index contributed by atoms with van der Waals surface area (Å²) in [6.45, 7) is 1.73. The van der Waals surface area contributed by atoms with Crippen molar-refractivity contribution in [3.05, 3.63) is 88.5 Å². The van der Waals surface area contributed by atoms with Crippen LogP contribution in [-0.2, 0) is 15.9 Å².